The highest BCUT2D eigenvalue weighted by atomic mass is 32.2. The number of sulfonamides is 1. The first-order valence-electron chi connectivity index (χ1n) is 8.73. The van der Waals surface area contributed by atoms with Crippen LogP contribution in [0.3, 0.4) is 0 Å². The third kappa shape index (κ3) is 3.78. The number of aromatic nitrogens is 2. The summed E-state index contributed by atoms with van der Waals surface area (Å²) >= 11 is 1.04. The highest BCUT2D eigenvalue weighted by molar-refractivity contribution is 7.94. The van der Waals surface area contributed by atoms with Gasteiger partial charge in [0.05, 0.1) is 5.56 Å². The number of rotatable bonds is 5. The number of benzene rings is 1. The quantitative estimate of drug-likeness (QED) is 0.682. The third-order valence-electron chi connectivity index (χ3n) is 4.39. The van der Waals surface area contributed by atoms with E-state index < -0.39 is 10.0 Å². The summed E-state index contributed by atoms with van der Waals surface area (Å²) in [4.78, 5) is 14.0. The Hall–Kier alpha value is -2.72. The summed E-state index contributed by atoms with van der Waals surface area (Å²) in [7, 11) is -3.73. The molecule has 28 heavy (non-hydrogen) atoms. The van der Waals surface area contributed by atoms with Crippen LogP contribution in [-0.4, -0.2) is 42.5 Å². The minimum absolute atomic E-state index is 0.0784. The van der Waals surface area contributed by atoms with Gasteiger partial charge in [-0.25, -0.2) is 8.42 Å². The van der Waals surface area contributed by atoms with Crippen LogP contribution in [0.4, 0.5) is 5.69 Å². The second-order valence-corrected chi connectivity index (χ2v) is 9.36. The number of carbonyl (C=O) groups is 1. The van der Waals surface area contributed by atoms with Gasteiger partial charge in [-0.15, -0.1) is 21.5 Å². The van der Waals surface area contributed by atoms with Crippen LogP contribution >= 0.6 is 11.3 Å². The minimum Gasteiger partial charge on any atom is -0.412 e. The molecule has 0 atom stereocenters. The maximum atomic E-state index is 12.6. The maximum absolute atomic E-state index is 12.6. The molecule has 1 N–H and O–H groups in total. The predicted molar refractivity (Wildman–Crippen MR) is 105 cm³/mol. The molecule has 8 nitrogen and oxygen atoms in total. The van der Waals surface area contributed by atoms with Gasteiger partial charge in [0.15, 0.2) is 0 Å². The molecule has 1 aromatic carbocycles. The molecule has 0 unspecified atom stereocenters. The Kier molecular flexibility index (Phi) is 4.90. The van der Waals surface area contributed by atoms with Gasteiger partial charge in [0, 0.05) is 24.2 Å². The Morgan fingerprint density at radius 3 is 2.61 bits per heavy atom. The smallest absolute Gasteiger partial charge is 0.311 e. The molecular formula is C18H18N4O4S2. The van der Waals surface area contributed by atoms with Crippen LogP contribution in [0.5, 0.6) is 0 Å². The number of hydrogen-bond donors (Lipinski definition) is 1. The van der Waals surface area contributed by atoms with Gasteiger partial charge in [-0.3, -0.25) is 9.52 Å². The molecule has 0 spiro atoms. The van der Waals surface area contributed by atoms with Gasteiger partial charge in [-0.05, 0) is 38.0 Å². The summed E-state index contributed by atoms with van der Waals surface area (Å²) < 4.78 is 33.3. The van der Waals surface area contributed by atoms with Crippen molar-refractivity contribution in [2.75, 3.05) is 17.8 Å². The van der Waals surface area contributed by atoms with Crippen LogP contribution in [-0.2, 0) is 10.0 Å². The number of nitrogens with zero attached hydrogens (tertiary/aromatic N) is 3. The van der Waals surface area contributed by atoms with E-state index in [-0.39, 0.29) is 21.9 Å². The van der Waals surface area contributed by atoms with Crippen molar-refractivity contribution in [2.24, 2.45) is 0 Å². The average Bonchev–Trinajstić information content (AvgIpc) is 3.42. The second-order valence-electron chi connectivity index (χ2n) is 6.54. The highest BCUT2D eigenvalue weighted by Crippen LogP contribution is 2.29. The number of anilines is 1. The first kappa shape index (κ1) is 18.6. The van der Waals surface area contributed by atoms with Crippen molar-refractivity contribution in [3.05, 3.63) is 47.2 Å². The summed E-state index contributed by atoms with van der Waals surface area (Å²) in [5.41, 5.74) is 1.98. The summed E-state index contributed by atoms with van der Waals surface area (Å²) in [6.07, 6.45) is 1.93. The topological polar surface area (TPSA) is 105 Å². The van der Waals surface area contributed by atoms with Crippen molar-refractivity contribution in [1.29, 1.82) is 0 Å². The molecule has 3 heterocycles. The fourth-order valence-electron chi connectivity index (χ4n) is 2.88. The first-order chi connectivity index (χ1) is 13.4. The van der Waals surface area contributed by atoms with Gasteiger partial charge in [0.1, 0.15) is 4.21 Å². The third-order valence-corrected chi connectivity index (χ3v) is 7.21. The van der Waals surface area contributed by atoms with E-state index in [1.54, 1.807) is 22.4 Å². The number of amides is 1. The van der Waals surface area contributed by atoms with Crippen LogP contribution in [0.1, 0.15) is 29.1 Å². The van der Waals surface area contributed by atoms with E-state index in [4.69, 9.17) is 4.42 Å². The van der Waals surface area contributed by atoms with Crippen molar-refractivity contribution in [3.63, 3.8) is 0 Å². The number of thiophene rings is 1. The van der Waals surface area contributed by atoms with Crippen LogP contribution in [0, 0.1) is 6.92 Å². The lowest BCUT2D eigenvalue weighted by atomic mass is 10.2. The summed E-state index contributed by atoms with van der Waals surface area (Å²) in [6, 6.07) is 8.52. The lowest BCUT2D eigenvalue weighted by molar-refractivity contribution is 0.0754. The van der Waals surface area contributed by atoms with Gasteiger partial charge in [-0.2, -0.15) is 0 Å². The van der Waals surface area contributed by atoms with Crippen LogP contribution in [0.25, 0.3) is 11.5 Å². The van der Waals surface area contributed by atoms with E-state index >= 15 is 0 Å². The Morgan fingerprint density at radius 1 is 1.18 bits per heavy atom. The number of carbonyl (C=O) groups excluding carboxylic acids is 1. The number of hydrogen-bond acceptors (Lipinski definition) is 7. The van der Waals surface area contributed by atoms with Crippen LogP contribution in [0.15, 0.2) is 44.3 Å². The molecule has 10 heteroatoms. The van der Waals surface area contributed by atoms with Gasteiger partial charge in [0.2, 0.25) is 5.89 Å². The molecule has 1 aliphatic rings. The molecule has 0 bridgehead atoms. The first-order valence-corrected chi connectivity index (χ1v) is 11.1. The Balaban J connectivity index is 1.52. The molecule has 0 aliphatic carbocycles. The molecule has 1 amide bonds. The lowest BCUT2D eigenvalue weighted by Gasteiger charge is -2.11. The van der Waals surface area contributed by atoms with Gasteiger partial charge in [-0.1, -0.05) is 17.7 Å². The number of aryl methyl sites for hydroxylation is 1. The molecule has 0 radical (unpaired) electrons. The SMILES string of the molecule is Cc1ccc(NS(=O)(=O)c2cc(-c3nnc(C(=O)N4CCCC4)o3)cs2)cc1. The van der Waals surface area contributed by atoms with Gasteiger partial charge >= 0.3 is 11.8 Å². The minimum atomic E-state index is -3.73. The van der Waals surface area contributed by atoms with Crippen molar-refractivity contribution in [2.45, 2.75) is 24.0 Å². The molecule has 3 aromatic rings. The molecule has 146 valence electrons. The van der Waals surface area contributed by atoms with Crippen LogP contribution < -0.4 is 4.72 Å². The maximum Gasteiger partial charge on any atom is 0.311 e. The van der Waals surface area contributed by atoms with Crippen LogP contribution in [0.2, 0.25) is 0 Å². The van der Waals surface area contributed by atoms with Crippen molar-refractivity contribution >= 4 is 33.0 Å². The normalized spacial score (nSPS) is 14.4. The predicted octanol–water partition coefficient (Wildman–Crippen LogP) is 3.14. The largest absolute Gasteiger partial charge is 0.412 e. The van der Waals surface area contributed by atoms with Gasteiger partial charge in [0.25, 0.3) is 10.0 Å². The molecule has 0 saturated carbocycles. The summed E-state index contributed by atoms with van der Waals surface area (Å²) in [6.45, 7) is 3.29. The number of likely N-dealkylation sites (tertiary alicyclic amines) is 1. The summed E-state index contributed by atoms with van der Waals surface area (Å²) in [5, 5.41) is 9.32. The van der Waals surface area contributed by atoms with Crippen molar-refractivity contribution in [1.82, 2.24) is 15.1 Å². The molecular weight excluding hydrogens is 400 g/mol. The number of nitrogens with one attached hydrogen (secondary N) is 1. The zero-order valence-electron chi connectivity index (χ0n) is 15.1. The lowest BCUT2D eigenvalue weighted by Crippen LogP contribution is -2.27. The zero-order chi connectivity index (χ0) is 19.7. The Labute approximate surface area is 166 Å². The average molecular weight is 419 g/mol. The highest BCUT2D eigenvalue weighted by Gasteiger charge is 2.26. The van der Waals surface area contributed by atoms with E-state index in [9.17, 15) is 13.2 Å². The molecule has 1 fully saturated rings. The second kappa shape index (κ2) is 7.36. The van der Waals surface area contributed by atoms with Crippen molar-refractivity contribution in [3.8, 4) is 11.5 Å². The molecule has 1 saturated heterocycles. The van der Waals surface area contributed by atoms with Crippen molar-refractivity contribution < 1.29 is 17.6 Å². The molecule has 1 aliphatic heterocycles. The fourth-order valence-corrected chi connectivity index (χ4v) is 5.09. The zero-order valence-corrected chi connectivity index (χ0v) is 16.7. The Morgan fingerprint density at radius 2 is 1.89 bits per heavy atom. The molecule has 2 aromatic heterocycles. The summed E-state index contributed by atoms with van der Waals surface area (Å²) in [5.74, 6) is -0.249. The van der Waals surface area contributed by atoms with E-state index in [0.717, 1.165) is 29.7 Å². The van der Waals surface area contributed by atoms with E-state index in [0.29, 0.717) is 24.3 Å². The fraction of sp³-hybridized carbons (Fsp3) is 0.278. The van der Waals surface area contributed by atoms with E-state index in [1.807, 2.05) is 19.1 Å². The Bertz CT molecular complexity index is 1100. The monoisotopic (exact) mass is 418 g/mol. The van der Waals surface area contributed by atoms with Gasteiger partial charge < -0.3 is 9.32 Å². The van der Waals surface area contributed by atoms with E-state index in [2.05, 4.69) is 14.9 Å². The molecule has 4 rings (SSSR count). The standard InChI is InChI=1S/C18H18N4O4S2/c1-12-4-6-14(7-5-12)21-28(24,25)15-10-13(11-27-15)16-19-20-17(26-16)18(23)22-8-2-3-9-22/h4-7,10-11,21H,2-3,8-9H2,1H3. The van der Waals surface area contributed by atoms with E-state index in [1.165, 1.54) is 6.07 Å².